The molecule has 1 aliphatic carbocycles. The maximum atomic E-state index is 12.0. The van der Waals surface area contributed by atoms with Gasteiger partial charge < -0.3 is 0 Å². The fourth-order valence-electron chi connectivity index (χ4n) is 5.90. The Morgan fingerprint density at radius 1 is 0.978 bits per heavy atom. The lowest BCUT2D eigenvalue weighted by Gasteiger charge is -2.21. The standard InChI is InChI=1S/C39H51N3O.C2H6/c1-6-8-9-10-11-13-20-33-26-35(22-16-21-31(7-2)32-18-14-12-15-19-32)40-38-28-34(27-36(33)38)37-25-30(5)42(41-37)24-17-23-39(43)29(3)4;1-2/h12,14-19,21,23,25-29,31,36H,6-11,13,20,22,24H2,1-5H3;1-2H3/b21-16-,23-17-;. The lowest BCUT2D eigenvalue weighted by atomic mass is 9.88. The highest BCUT2D eigenvalue weighted by Gasteiger charge is 2.27. The number of ketones is 1. The van der Waals surface area contributed by atoms with Crippen LogP contribution in [-0.4, -0.2) is 21.3 Å². The van der Waals surface area contributed by atoms with E-state index in [1.165, 1.54) is 49.7 Å². The molecule has 2 atom stereocenters. The monoisotopic (exact) mass is 607 g/mol. The summed E-state index contributed by atoms with van der Waals surface area (Å²) in [5, 5.41) is 4.91. The number of aryl methyl sites for hydroxylation is 1. The average Bonchev–Trinajstić information content (AvgIpc) is 3.65. The number of fused-ring (bicyclic) bond motifs is 1. The summed E-state index contributed by atoms with van der Waals surface area (Å²) >= 11 is 0. The quantitative estimate of drug-likeness (QED) is 0.102. The third-order valence-electron chi connectivity index (χ3n) is 8.58. The lowest BCUT2D eigenvalue weighted by molar-refractivity contribution is -0.117. The topological polar surface area (TPSA) is 47.2 Å². The van der Waals surface area contributed by atoms with Gasteiger partial charge in [-0.05, 0) is 56.0 Å². The molecular weight excluding hydrogens is 550 g/mol. The normalized spacial score (nSPS) is 16.7. The number of allylic oxidation sites excluding steroid dienone is 8. The van der Waals surface area contributed by atoms with Crippen molar-refractivity contribution in [2.45, 2.75) is 119 Å². The zero-order valence-electron chi connectivity index (χ0n) is 29.1. The van der Waals surface area contributed by atoms with Crippen LogP contribution in [0.15, 0.2) is 95.2 Å². The minimum atomic E-state index is 0.0145. The smallest absolute Gasteiger partial charge is 0.157 e. The van der Waals surface area contributed by atoms with E-state index in [1.54, 1.807) is 6.08 Å². The van der Waals surface area contributed by atoms with Crippen molar-refractivity contribution in [3.8, 4) is 0 Å². The number of aliphatic imine (C=N–C) groups is 1. The SMILES string of the molecule is CC.CCCCCCCCC1=CC(C/C=C\C(CC)c2ccccc2)=NC2=CC(c3cc(C)n(C/C=C\C(=O)C(C)C)n3)=CC12. The first-order valence-corrected chi connectivity index (χ1v) is 17.6. The fraction of sp³-hybridized carbons (Fsp3) is 0.488. The van der Waals surface area contributed by atoms with Crippen LogP contribution in [0.25, 0.3) is 5.57 Å². The second-order valence-corrected chi connectivity index (χ2v) is 12.4. The van der Waals surface area contributed by atoms with Crippen LogP contribution < -0.4 is 0 Å². The summed E-state index contributed by atoms with van der Waals surface area (Å²) in [4.78, 5) is 17.2. The number of rotatable bonds is 17. The first kappa shape index (κ1) is 35.9. The number of carbonyl (C=O) groups is 1. The molecule has 1 aromatic heterocycles. The fourth-order valence-corrected chi connectivity index (χ4v) is 5.90. The van der Waals surface area contributed by atoms with Crippen molar-refractivity contribution in [1.29, 1.82) is 0 Å². The van der Waals surface area contributed by atoms with E-state index in [9.17, 15) is 4.79 Å². The third-order valence-corrected chi connectivity index (χ3v) is 8.58. The van der Waals surface area contributed by atoms with Crippen molar-refractivity contribution < 1.29 is 4.79 Å². The molecule has 4 heteroatoms. The second-order valence-electron chi connectivity index (χ2n) is 12.4. The van der Waals surface area contributed by atoms with Gasteiger partial charge in [-0.15, -0.1) is 0 Å². The number of dihydropyridines is 1. The van der Waals surface area contributed by atoms with E-state index in [0.29, 0.717) is 12.5 Å². The molecule has 0 saturated carbocycles. The molecule has 0 saturated heterocycles. The molecule has 4 rings (SSSR count). The van der Waals surface area contributed by atoms with Crippen molar-refractivity contribution in [2.75, 3.05) is 0 Å². The molecule has 0 bridgehead atoms. The molecule has 0 radical (unpaired) electrons. The molecule has 242 valence electrons. The average molecular weight is 608 g/mol. The summed E-state index contributed by atoms with van der Waals surface area (Å²) < 4.78 is 1.98. The van der Waals surface area contributed by atoms with Gasteiger partial charge in [-0.2, -0.15) is 5.10 Å². The Morgan fingerprint density at radius 2 is 1.71 bits per heavy atom. The van der Waals surface area contributed by atoms with Gasteiger partial charge in [0.25, 0.3) is 0 Å². The third kappa shape index (κ3) is 10.8. The largest absolute Gasteiger partial charge is 0.295 e. The van der Waals surface area contributed by atoms with E-state index in [2.05, 4.69) is 87.5 Å². The van der Waals surface area contributed by atoms with Crippen LogP contribution in [0.2, 0.25) is 0 Å². The van der Waals surface area contributed by atoms with Crippen LogP contribution in [0.5, 0.6) is 0 Å². The van der Waals surface area contributed by atoms with Crippen molar-refractivity contribution in [3.05, 3.63) is 107 Å². The number of hydrogen-bond donors (Lipinski definition) is 0. The van der Waals surface area contributed by atoms with Gasteiger partial charge in [0.05, 0.1) is 17.9 Å². The molecule has 2 aromatic rings. The number of hydrogen-bond acceptors (Lipinski definition) is 3. The Labute approximate surface area is 273 Å². The maximum Gasteiger partial charge on any atom is 0.157 e. The van der Waals surface area contributed by atoms with E-state index in [1.807, 2.05) is 38.5 Å². The van der Waals surface area contributed by atoms with Gasteiger partial charge in [0.15, 0.2) is 5.78 Å². The number of unbranched alkanes of at least 4 members (excludes halogenated alkanes) is 5. The zero-order valence-corrected chi connectivity index (χ0v) is 29.1. The number of nitrogens with zero attached hydrogens (tertiary/aromatic N) is 3. The highest BCUT2D eigenvalue weighted by atomic mass is 16.1. The Morgan fingerprint density at radius 3 is 2.42 bits per heavy atom. The molecule has 0 amide bonds. The van der Waals surface area contributed by atoms with E-state index in [0.717, 1.165) is 47.6 Å². The van der Waals surface area contributed by atoms with E-state index < -0.39 is 0 Å². The zero-order chi connectivity index (χ0) is 32.6. The Kier molecular flexibility index (Phi) is 15.2. The molecule has 1 aromatic carbocycles. The highest BCUT2D eigenvalue weighted by molar-refractivity contribution is 5.99. The molecule has 2 heterocycles. The van der Waals surface area contributed by atoms with Crippen molar-refractivity contribution >= 4 is 17.1 Å². The van der Waals surface area contributed by atoms with Crippen LogP contribution in [0, 0.1) is 18.8 Å². The summed E-state index contributed by atoms with van der Waals surface area (Å²) in [6.45, 7) is 15.1. The molecule has 0 spiro atoms. The van der Waals surface area contributed by atoms with Crippen LogP contribution in [0.4, 0.5) is 0 Å². The summed E-state index contributed by atoms with van der Waals surface area (Å²) in [7, 11) is 0. The molecule has 1 aliphatic heterocycles. The Hall–Kier alpha value is -3.53. The van der Waals surface area contributed by atoms with Crippen molar-refractivity contribution in [3.63, 3.8) is 0 Å². The summed E-state index contributed by atoms with van der Waals surface area (Å²) in [5.41, 5.74) is 8.37. The van der Waals surface area contributed by atoms with Crippen LogP contribution in [0.1, 0.15) is 122 Å². The highest BCUT2D eigenvalue weighted by Crippen LogP contribution is 2.40. The molecule has 2 aliphatic rings. The van der Waals surface area contributed by atoms with Gasteiger partial charge in [-0.1, -0.05) is 134 Å². The first-order chi connectivity index (χ1) is 21.9. The molecule has 4 nitrogen and oxygen atoms in total. The molecule has 0 fully saturated rings. The van der Waals surface area contributed by atoms with Gasteiger partial charge in [-0.25, -0.2) is 0 Å². The first-order valence-electron chi connectivity index (χ1n) is 17.6. The van der Waals surface area contributed by atoms with E-state index in [-0.39, 0.29) is 17.6 Å². The molecule has 2 unspecified atom stereocenters. The second kappa shape index (κ2) is 19.1. The molecule has 0 N–H and O–H groups in total. The molecular formula is C41H57N3O. The van der Waals surface area contributed by atoms with E-state index in [4.69, 9.17) is 10.1 Å². The van der Waals surface area contributed by atoms with Crippen LogP contribution in [-0.2, 0) is 11.3 Å². The molecule has 45 heavy (non-hydrogen) atoms. The predicted octanol–water partition coefficient (Wildman–Crippen LogP) is 11.2. The summed E-state index contributed by atoms with van der Waals surface area (Å²) in [5.74, 6) is 0.830. The van der Waals surface area contributed by atoms with Gasteiger partial charge in [0, 0.05) is 41.2 Å². The summed E-state index contributed by atoms with van der Waals surface area (Å²) in [6.07, 6.45) is 26.1. The Balaban J connectivity index is 0.00000271. The van der Waals surface area contributed by atoms with Gasteiger partial charge >= 0.3 is 0 Å². The summed E-state index contributed by atoms with van der Waals surface area (Å²) in [6, 6.07) is 12.9. The lowest BCUT2D eigenvalue weighted by Crippen LogP contribution is -2.11. The van der Waals surface area contributed by atoms with Gasteiger partial charge in [-0.3, -0.25) is 14.5 Å². The predicted molar refractivity (Wildman–Crippen MR) is 194 cm³/mol. The van der Waals surface area contributed by atoms with Crippen LogP contribution in [0.3, 0.4) is 0 Å². The maximum absolute atomic E-state index is 12.0. The van der Waals surface area contributed by atoms with Gasteiger partial charge in [0.1, 0.15) is 0 Å². The Bertz CT molecular complexity index is 1400. The van der Waals surface area contributed by atoms with E-state index >= 15 is 0 Å². The number of carbonyl (C=O) groups excluding carboxylic acids is 1. The van der Waals surface area contributed by atoms with Gasteiger partial charge in [0.2, 0.25) is 0 Å². The minimum Gasteiger partial charge on any atom is -0.295 e. The van der Waals surface area contributed by atoms with Crippen molar-refractivity contribution in [1.82, 2.24) is 9.78 Å². The van der Waals surface area contributed by atoms with Crippen molar-refractivity contribution in [2.24, 2.45) is 16.8 Å². The number of aromatic nitrogens is 2. The number of benzene rings is 1. The minimum absolute atomic E-state index is 0.0145. The van der Waals surface area contributed by atoms with Crippen LogP contribution >= 0.6 is 0 Å².